The number of ether oxygens (including phenoxy) is 3. The number of hydrogen-bond donors (Lipinski definition) is 5. The van der Waals surface area contributed by atoms with E-state index in [0.717, 1.165) is 42.0 Å². The highest BCUT2D eigenvalue weighted by molar-refractivity contribution is 5.90. The van der Waals surface area contributed by atoms with E-state index in [1.165, 1.54) is 0 Å². The number of fused-ring (bicyclic) bond motifs is 1. The van der Waals surface area contributed by atoms with Crippen LogP contribution in [-0.2, 0) is 44.6 Å². The Hall–Kier alpha value is -4.72. The molecule has 0 heterocycles. The standard InChI is InChI=1S/C45H69N5O9/c1-43(2,3)57-37(51)24-23-35(41(55)59-45(7,8)9)50-42(56)49-34(40(54)58-44(4,5)6)16-12-13-25-47-39(53)36(48-38(52)32-21-17-29(28-46)18-22-32)27-30-19-20-31-14-10-11-15-33(31)26-30/h10-11,14-15,19-20,26,29,32,34-36H,12-13,16-18,21-25,27-28,46H2,1-9H3,(H,47,53)(H,48,52)(H2,49,50,56)/t29-,32-,34-,35-,36-/m0/s1. The maximum Gasteiger partial charge on any atom is 0.329 e. The number of nitrogens with two attached hydrogens (primary N) is 1. The van der Waals surface area contributed by atoms with Crippen molar-refractivity contribution in [2.45, 2.75) is 161 Å². The minimum atomic E-state index is -1.21. The van der Waals surface area contributed by atoms with Crippen LogP contribution in [-0.4, -0.2) is 83.8 Å². The topological polar surface area (TPSA) is 204 Å². The lowest BCUT2D eigenvalue weighted by atomic mass is 9.81. The zero-order valence-electron chi connectivity index (χ0n) is 36.7. The number of carbonyl (C=O) groups excluding carboxylic acids is 6. The van der Waals surface area contributed by atoms with Crippen molar-refractivity contribution in [1.29, 1.82) is 0 Å². The Bertz CT molecular complexity index is 1740. The zero-order valence-corrected chi connectivity index (χ0v) is 36.7. The molecule has 3 rings (SSSR count). The second-order valence-corrected chi connectivity index (χ2v) is 18.6. The molecule has 1 aliphatic carbocycles. The van der Waals surface area contributed by atoms with Gasteiger partial charge in [-0.05, 0) is 142 Å². The maximum absolute atomic E-state index is 13.7. The molecule has 0 aromatic heterocycles. The Kier molecular flexibility index (Phi) is 18.2. The first-order chi connectivity index (χ1) is 27.5. The summed E-state index contributed by atoms with van der Waals surface area (Å²) in [6.07, 6.45) is 4.31. The third-order valence-electron chi connectivity index (χ3n) is 9.71. The van der Waals surface area contributed by atoms with Crippen LogP contribution in [0.3, 0.4) is 0 Å². The van der Waals surface area contributed by atoms with E-state index >= 15 is 0 Å². The van der Waals surface area contributed by atoms with Gasteiger partial charge in [-0.1, -0.05) is 42.5 Å². The average molecular weight is 824 g/mol. The van der Waals surface area contributed by atoms with Crippen molar-refractivity contribution in [3.63, 3.8) is 0 Å². The summed E-state index contributed by atoms with van der Waals surface area (Å²) in [5, 5.41) is 13.3. The van der Waals surface area contributed by atoms with Gasteiger partial charge in [0, 0.05) is 25.3 Å². The van der Waals surface area contributed by atoms with Crippen molar-refractivity contribution >= 4 is 46.5 Å². The molecule has 1 aliphatic rings. The second kappa shape index (κ2) is 22.0. The van der Waals surface area contributed by atoms with Crippen molar-refractivity contribution in [1.82, 2.24) is 21.3 Å². The van der Waals surface area contributed by atoms with E-state index in [-0.39, 0.29) is 43.5 Å². The van der Waals surface area contributed by atoms with Gasteiger partial charge in [0.25, 0.3) is 0 Å². The fourth-order valence-corrected chi connectivity index (χ4v) is 6.83. The molecule has 6 N–H and O–H groups in total. The van der Waals surface area contributed by atoms with Crippen LogP contribution in [0.4, 0.5) is 4.79 Å². The number of hydrogen-bond acceptors (Lipinski definition) is 10. The predicted molar refractivity (Wildman–Crippen MR) is 227 cm³/mol. The van der Waals surface area contributed by atoms with Gasteiger partial charge in [0.05, 0.1) is 0 Å². The summed E-state index contributed by atoms with van der Waals surface area (Å²) in [7, 11) is 0. The molecule has 2 aromatic rings. The van der Waals surface area contributed by atoms with E-state index in [1.807, 2.05) is 42.5 Å². The summed E-state index contributed by atoms with van der Waals surface area (Å²) in [6.45, 7) is 16.3. The molecule has 2 aromatic carbocycles. The predicted octanol–water partition coefficient (Wildman–Crippen LogP) is 5.76. The van der Waals surface area contributed by atoms with Crippen molar-refractivity contribution in [3.8, 4) is 0 Å². The highest BCUT2D eigenvalue weighted by atomic mass is 16.6. The maximum atomic E-state index is 13.7. The molecule has 0 spiro atoms. The first-order valence-electron chi connectivity index (χ1n) is 21.0. The van der Waals surface area contributed by atoms with Crippen molar-refractivity contribution in [2.75, 3.05) is 13.1 Å². The monoisotopic (exact) mass is 824 g/mol. The molecule has 1 saturated carbocycles. The number of nitrogens with one attached hydrogen (secondary N) is 4. The smallest absolute Gasteiger partial charge is 0.329 e. The lowest BCUT2D eigenvalue weighted by Gasteiger charge is -2.28. The summed E-state index contributed by atoms with van der Waals surface area (Å²) < 4.78 is 16.5. The highest BCUT2D eigenvalue weighted by Crippen LogP contribution is 2.28. The third kappa shape index (κ3) is 18.4. The summed E-state index contributed by atoms with van der Waals surface area (Å²) in [5.41, 5.74) is 4.35. The number of unbranched alkanes of at least 4 members (excludes halogenated alkanes) is 1. The minimum Gasteiger partial charge on any atom is -0.460 e. The van der Waals surface area contributed by atoms with Gasteiger partial charge < -0.3 is 41.2 Å². The molecule has 4 amide bonds. The zero-order chi connectivity index (χ0) is 44.0. The van der Waals surface area contributed by atoms with E-state index in [0.29, 0.717) is 31.7 Å². The molecule has 0 unspecified atom stereocenters. The van der Waals surface area contributed by atoms with Crippen molar-refractivity contribution in [3.05, 3.63) is 48.0 Å². The Labute approximate surface area is 350 Å². The van der Waals surface area contributed by atoms with Crippen LogP contribution < -0.4 is 27.0 Å². The van der Waals surface area contributed by atoms with Gasteiger partial charge in [0.1, 0.15) is 34.9 Å². The average Bonchev–Trinajstić information content (AvgIpc) is 3.13. The molecule has 0 bridgehead atoms. The lowest BCUT2D eigenvalue weighted by molar-refractivity contribution is -0.159. The van der Waals surface area contributed by atoms with Crippen LogP contribution in [0, 0.1) is 11.8 Å². The molecule has 0 radical (unpaired) electrons. The normalized spacial score (nSPS) is 17.5. The van der Waals surface area contributed by atoms with Crippen molar-refractivity contribution < 1.29 is 43.0 Å². The Morgan fingerprint density at radius 1 is 0.678 bits per heavy atom. The van der Waals surface area contributed by atoms with Gasteiger partial charge in [-0.2, -0.15) is 0 Å². The van der Waals surface area contributed by atoms with E-state index in [2.05, 4.69) is 21.3 Å². The number of carbonyl (C=O) groups is 6. The number of amides is 4. The molecule has 0 saturated heterocycles. The summed E-state index contributed by atoms with van der Waals surface area (Å²) >= 11 is 0. The van der Waals surface area contributed by atoms with Gasteiger partial charge >= 0.3 is 23.9 Å². The van der Waals surface area contributed by atoms with E-state index in [9.17, 15) is 28.8 Å². The minimum absolute atomic E-state index is 0.0915. The molecular formula is C45H69N5O9. The lowest BCUT2D eigenvalue weighted by Crippen LogP contribution is -2.53. The largest absolute Gasteiger partial charge is 0.460 e. The first-order valence-corrected chi connectivity index (χ1v) is 21.0. The number of benzene rings is 2. The molecular weight excluding hydrogens is 755 g/mol. The van der Waals surface area contributed by atoms with Gasteiger partial charge in [0.15, 0.2) is 0 Å². The van der Waals surface area contributed by atoms with Crippen LogP contribution in [0.25, 0.3) is 10.8 Å². The van der Waals surface area contributed by atoms with Gasteiger partial charge in [-0.3, -0.25) is 14.4 Å². The van der Waals surface area contributed by atoms with Crippen LogP contribution in [0.15, 0.2) is 42.5 Å². The molecule has 1 fully saturated rings. The molecule has 14 heteroatoms. The van der Waals surface area contributed by atoms with Crippen molar-refractivity contribution in [2.24, 2.45) is 17.6 Å². The van der Waals surface area contributed by atoms with Gasteiger partial charge in [-0.25, -0.2) is 14.4 Å². The molecule has 14 nitrogen and oxygen atoms in total. The van der Waals surface area contributed by atoms with E-state index < -0.39 is 58.9 Å². The Balaban J connectivity index is 1.65. The second-order valence-electron chi connectivity index (χ2n) is 18.6. The van der Waals surface area contributed by atoms with Gasteiger partial charge in [-0.15, -0.1) is 0 Å². The molecule has 328 valence electrons. The van der Waals surface area contributed by atoms with Crippen LogP contribution in [0.5, 0.6) is 0 Å². The first kappa shape index (κ1) is 48.6. The van der Waals surface area contributed by atoms with E-state index in [1.54, 1.807) is 62.3 Å². The summed E-state index contributed by atoms with van der Waals surface area (Å²) in [6, 6.07) is 10.0. The number of urea groups is 1. The Morgan fingerprint density at radius 2 is 1.24 bits per heavy atom. The van der Waals surface area contributed by atoms with Gasteiger partial charge in [0.2, 0.25) is 11.8 Å². The quantitative estimate of drug-likeness (QED) is 0.0699. The van der Waals surface area contributed by atoms with Crippen LogP contribution in [0.1, 0.15) is 126 Å². The molecule has 59 heavy (non-hydrogen) atoms. The van der Waals surface area contributed by atoms with Crippen LogP contribution >= 0.6 is 0 Å². The molecule has 0 aliphatic heterocycles. The SMILES string of the molecule is CC(C)(C)OC(=O)CC[C@H](NC(=O)N[C@@H](CCCCNC(=O)[C@H](Cc1ccc2ccccc2c1)NC(=O)[C@H]1CC[C@H](CN)CC1)C(=O)OC(C)(C)C)C(=O)OC(C)(C)C. The summed E-state index contributed by atoms with van der Waals surface area (Å²) in [5.74, 6) is -2.16. The third-order valence-corrected chi connectivity index (χ3v) is 9.71. The fourth-order valence-electron chi connectivity index (χ4n) is 6.83. The Morgan fingerprint density at radius 3 is 1.80 bits per heavy atom. The highest BCUT2D eigenvalue weighted by Gasteiger charge is 2.32. The fraction of sp³-hybridized carbons (Fsp3) is 0.644. The number of esters is 3. The molecule has 3 atom stereocenters. The number of rotatable bonds is 18. The summed E-state index contributed by atoms with van der Waals surface area (Å²) in [4.78, 5) is 79.3. The van der Waals surface area contributed by atoms with Crippen LogP contribution in [0.2, 0.25) is 0 Å². The van der Waals surface area contributed by atoms with E-state index in [4.69, 9.17) is 19.9 Å².